The van der Waals surface area contributed by atoms with Crippen LogP contribution in [0, 0.1) is 25.7 Å². The monoisotopic (exact) mass is 671 g/mol. The quantitative estimate of drug-likeness (QED) is 0.248. The first-order valence-electron chi connectivity index (χ1n) is 17.1. The van der Waals surface area contributed by atoms with Gasteiger partial charge in [-0.25, -0.2) is 0 Å². The molecular formula is C38H45N3O8. The van der Waals surface area contributed by atoms with Gasteiger partial charge in [0.1, 0.15) is 23.7 Å². The standard InChI is InChI=1S/C38H45N3O8/c1-24-13-12-14-25(2)32(24)40-20-9-5-8-17-29(43)39-27(23-47-3)33(26-15-6-4-7-16-26)48-37(46)30-28-18-19-38(49-28)31(30)35(44)41(21-10-11-22-42)34(38)36(40)45/h4-7,9,12-16,18-19,27-28,30-31,33-34,42H,8,10-11,17,20-23H2,1-3H3,(H,39,43)/b9-5-/t27-,28+,30-,31-,33-,34+,38-/m1/s1. The number of carbonyl (C=O) groups excluding carboxylic acids is 4. The van der Waals surface area contributed by atoms with Gasteiger partial charge in [0.2, 0.25) is 11.8 Å². The van der Waals surface area contributed by atoms with Crippen LogP contribution in [0.25, 0.3) is 0 Å². The van der Waals surface area contributed by atoms with Gasteiger partial charge < -0.3 is 34.4 Å². The lowest BCUT2D eigenvalue weighted by Crippen LogP contribution is -2.56. The number of ether oxygens (including phenoxy) is 3. The zero-order chi connectivity index (χ0) is 34.7. The van der Waals surface area contributed by atoms with Crippen molar-refractivity contribution in [1.29, 1.82) is 0 Å². The summed E-state index contributed by atoms with van der Waals surface area (Å²) in [7, 11) is 1.52. The molecule has 11 heteroatoms. The first kappa shape index (κ1) is 34.5. The van der Waals surface area contributed by atoms with Crippen LogP contribution in [0.5, 0.6) is 0 Å². The number of allylic oxidation sites excluding steroid dienone is 1. The average molecular weight is 672 g/mol. The van der Waals surface area contributed by atoms with Crippen LogP contribution in [0.3, 0.4) is 0 Å². The molecular weight excluding hydrogens is 626 g/mol. The van der Waals surface area contributed by atoms with Crippen LogP contribution in [0.15, 0.2) is 72.8 Å². The summed E-state index contributed by atoms with van der Waals surface area (Å²) in [6.07, 6.45) is 7.09. The summed E-state index contributed by atoms with van der Waals surface area (Å²) in [6.45, 7) is 4.31. The van der Waals surface area contributed by atoms with Crippen LogP contribution >= 0.6 is 0 Å². The van der Waals surface area contributed by atoms with Crippen LogP contribution in [-0.4, -0.2) is 90.9 Å². The highest BCUT2D eigenvalue weighted by Gasteiger charge is 2.73. The van der Waals surface area contributed by atoms with Crippen molar-refractivity contribution in [2.24, 2.45) is 11.8 Å². The van der Waals surface area contributed by atoms with Gasteiger partial charge in [0.15, 0.2) is 0 Å². The van der Waals surface area contributed by atoms with E-state index in [4.69, 9.17) is 14.2 Å². The normalized spacial score (nSPS) is 30.8. The molecule has 0 saturated carbocycles. The molecule has 2 saturated heterocycles. The number of methoxy groups -OCH3 is 1. The van der Waals surface area contributed by atoms with Crippen LogP contribution in [0.1, 0.15) is 48.5 Å². The molecule has 6 rings (SSSR count). The summed E-state index contributed by atoms with van der Waals surface area (Å²) in [5.41, 5.74) is 1.78. The number of aryl methyl sites for hydroxylation is 2. The molecule has 1 spiro atoms. The highest BCUT2D eigenvalue weighted by molar-refractivity contribution is 6.06. The smallest absolute Gasteiger partial charge is 0.313 e. The maximum absolute atomic E-state index is 15.0. The van der Waals surface area contributed by atoms with Crippen molar-refractivity contribution in [1.82, 2.24) is 10.2 Å². The van der Waals surface area contributed by atoms with Gasteiger partial charge in [-0.2, -0.15) is 0 Å². The predicted octanol–water partition coefficient (Wildman–Crippen LogP) is 3.33. The summed E-state index contributed by atoms with van der Waals surface area (Å²) in [4.78, 5) is 60.4. The van der Waals surface area contributed by atoms with Gasteiger partial charge in [-0.15, -0.1) is 0 Å². The lowest BCUT2D eigenvalue weighted by Gasteiger charge is -2.36. The second-order valence-electron chi connectivity index (χ2n) is 13.3. The van der Waals surface area contributed by atoms with E-state index in [2.05, 4.69) is 5.32 Å². The Bertz CT molecular complexity index is 1610. The van der Waals surface area contributed by atoms with Gasteiger partial charge in [-0.3, -0.25) is 19.2 Å². The summed E-state index contributed by atoms with van der Waals surface area (Å²) in [5, 5.41) is 12.6. The lowest BCUT2D eigenvalue weighted by atomic mass is 9.74. The summed E-state index contributed by atoms with van der Waals surface area (Å²) in [5.74, 6) is -3.61. The summed E-state index contributed by atoms with van der Waals surface area (Å²) in [6, 6.07) is 13.2. The molecule has 0 aromatic heterocycles. The zero-order valence-electron chi connectivity index (χ0n) is 28.2. The Balaban J connectivity index is 1.46. The minimum atomic E-state index is -1.39. The van der Waals surface area contributed by atoms with Crippen LogP contribution in [-0.2, 0) is 33.4 Å². The van der Waals surface area contributed by atoms with Crippen LogP contribution < -0.4 is 10.2 Å². The number of aliphatic hydroxyl groups is 1. The Morgan fingerprint density at radius 1 is 0.980 bits per heavy atom. The number of rotatable bonds is 8. The van der Waals surface area contributed by atoms with Crippen molar-refractivity contribution < 1.29 is 38.5 Å². The molecule has 4 heterocycles. The minimum absolute atomic E-state index is 0.0536. The van der Waals surface area contributed by atoms with Crippen molar-refractivity contribution in [2.75, 3.05) is 38.3 Å². The van der Waals surface area contributed by atoms with Gasteiger partial charge >= 0.3 is 5.97 Å². The number of aliphatic hydroxyl groups excluding tert-OH is 1. The number of unbranched alkanes of at least 4 members (excludes halogenated alkanes) is 1. The van der Waals surface area contributed by atoms with Crippen molar-refractivity contribution in [3.63, 3.8) is 0 Å². The number of anilines is 1. The number of likely N-dealkylation sites (tertiary alicyclic amines) is 1. The van der Waals surface area contributed by atoms with Gasteiger partial charge in [-0.1, -0.05) is 72.8 Å². The van der Waals surface area contributed by atoms with E-state index in [0.717, 1.165) is 16.8 Å². The highest BCUT2D eigenvalue weighted by atomic mass is 16.6. The molecule has 0 aliphatic carbocycles. The Morgan fingerprint density at radius 2 is 1.73 bits per heavy atom. The Labute approximate surface area is 286 Å². The number of cyclic esters (lactones) is 1. The van der Waals surface area contributed by atoms with E-state index < -0.39 is 47.7 Å². The molecule has 4 aliphatic rings. The van der Waals surface area contributed by atoms with Crippen molar-refractivity contribution in [3.05, 3.63) is 89.5 Å². The van der Waals surface area contributed by atoms with E-state index in [0.29, 0.717) is 24.8 Å². The molecule has 2 fully saturated rings. The number of hydrogen-bond donors (Lipinski definition) is 2. The highest BCUT2D eigenvalue weighted by Crippen LogP contribution is 2.56. The molecule has 2 aromatic carbocycles. The molecule has 0 unspecified atom stereocenters. The molecule has 260 valence electrons. The van der Waals surface area contributed by atoms with E-state index in [-0.39, 0.29) is 50.4 Å². The number of hydrogen-bond acceptors (Lipinski definition) is 8. The van der Waals surface area contributed by atoms with Crippen LogP contribution in [0.2, 0.25) is 0 Å². The van der Waals surface area contributed by atoms with E-state index in [1.807, 2.05) is 74.5 Å². The van der Waals surface area contributed by atoms with E-state index >= 15 is 4.79 Å². The second kappa shape index (κ2) is 14.7. The van der Waals surface area contributed by atoms with Gasteiger partial charge in [-0.05, 0) is 49.8 Å². The molecule has 49 heavy (non-hydrogen) atoms. The van der Waals surface area contributed by atoms with Crippen molar-refractivity contribution in [2.45, 2.75) is 69.4 Å². The molecule has 2 N–H and O–H groups in total. The number of para-hydroxylation sites is 1. The predicted molar refractivity (Wildman–Crippen MR) is 181 cm³/mol. The topological polar surface area (TPSA) is 135 Å². The van der Waals surface area contributed by atoms with Crippen molar-refractivity contribution >= 4 is 29.4 Å². The number of nitrogens with zero attached hydrogens (tertiary/aromatic N) is 2. The number of benzene rings is 2. The van der Waals surface area contributed by atoms with E-state index in [1.165, 1.54) is 7.11 Å². The summed E-state index contributed by atoms with van der Waals surface area (Å²) >= 11 is 0. The summed E-state index contributed by atoms with van der Waals surface area (Å²) < 4.78 is 18.4. The second-order valence-corrected chi connectivity index (χ2v) is 13.3. The van der Waals surface area contributed by atoms with Crippen molar-refractivity contribution in [3.8, 4) is 0 Å². The fourth-order valence-electron chi connectivity index (χ4n) is 7.93. The maximum atomic E-state index is 15.0. The van der Waals surface area contributed by atoms with E-state index in [9.17, 15) is 19.5 Å². The average Bonchev–Trinajstić information content (AvgIpc) is 3.73. The molecule has 5 bridgehead atoms. The number of fused-ring (bicyclic) bond motifs is 2. The molecule has 11 nitrogen and oxygen atoms in total. The third-order valence-corrected chi connectivity index (χ3v) is 10.1. The first-order valence-corrected chi connectivity index (χ1v) is 17.1. The molecule has 3 amide bonds. The molecule has 2 aromatic rings. The first-order chi connectivity index (χ1) is 23.7. The Kier molecular flexibility index (Phi) is 10.3. The molecule has 0 radical (unpaired) electrons. The Hall–Kier alpha value is -4.32. The van der Waals surface area contributed by atoms with E-state index in [1.54, 1.807) is 22.0 Å². The fraction of sp³-hybridized carbons (Fsp3) is 0.474. The number of nitrogens with one attached hydrogen (secondary N) is 1. The lowest BCUT2D eigenvalue weighted by molar-refractivity contribution is -0.162. The van der Waals surface area contributed by atoms with Gasteiger partial charge in [0.25, 0.3) is 5.91 Å². The Morgan fingerprint density at radius 3 is 2.45 bits per heavy atom. The fourth-order valence-corrected chi connectivity index (χ4v) is 7.93. The molecule has 4 aliphatic heterocycles. The third-order valence-electron chi connectivity index (χ3n) is 10.1. The largest absolute Gasteiger partial charge is 0.455 e. The van der Waals surface area contributed by atoms with Gasteiger partial charge in [0.05, 0.1) is 24.7 Å². The maximum Gasteiger partial charge on any atom is 0.313 e. The van der Waals surface area contributed by atoms with Gasteiger partial charge in [0, 0.05) is 38.9 Å². The van der Waals surface area contributed by atoms with Crippen LogP contribution in [0.4, 0.5) is 5.69 Å². The number of amides is 3. The number of esters is 1. The molecule has 7 atom stereocenters. The number of carbonyl (C=O) groups is 4. The zero-order valence-corrected chi connectivity index (χ0v) is 28.2. The third kappa shape index (κ3) is 6.42. The minimum Gasteiger partial charge on any atom is -0.455 e. The SMILES string of the molecule is COC[C@H]1NC(=O)CC/C=C\CN(c2c(C)cccc2C)C(=O)[C@@H]2N(CCCCO)C(=O)[C@H]3[C@H](C(=O)O[C@@H]1c1ccccc1)[C@@H]1C=C[C@]23O1.